The maximum absolute atomic E-state index is 10.9. The van der Waals surface area contributed by atoms with Crippen LogP contribution in [0.25, 0.3) is 0 Å². The van der Waals surface area contributed by atoms with Crippen LogP contribution in [0.5, 0.6) is 0 Å². The summed E-state index contributed by atoms with van der Waals surface area (Å²) in [5.74, 6) is -0.0944. The van der Waals surface area contributed by atoms with Gasteiger partial charge in [0.1, 0.15) is 12.7 Å². The molecule has 1 fully saturated rings. The van der Waals surface area contributed by atoms with Crippen molar-refractivity contribution in [2.24, 2.45) is 4.99 Å². The number of morpholine rings is 1. The van der Waals surface area contributed by atoms with E-state index in [-0.39, 0.29) is 24.8 Å². The Morgan fingerprint density at radius 2 is 2.58 bits per heavy atom. The molecule has 0 aliphatic carbocycles. The number of nitrogens with zero attached hydrogens (tertiary/aromatic N) is 1. The van der Waals surface area contributed by atoms with Gasteiger partial charge in [-0.1, -0.05) is 6.08 Å². The minimum absolute atomic E-state index is 0.0774. The Kier molecular flexibility index (Phi) is 1.69. The lowest BCUT2D eigenvalue weighted by Gasteiger charge is -2.29. The lowest BCUT2D eigenvalue weighted by Crippen LogP contribution is -2.51. The molecule has 0 aromatic carbocycles. The molecule has 0 aromatic rings. The van der Waals surface area contributed by atoms with E-state index >= 15 is 0 Å². The molecule has 64 valence electrons. The molecule has 4 heteroatoms. The number of carbonyl (C=O) groups is 1. The third kappa shape index (κ3) is 1.25. The van der Waals surface area contributed by atoms with Crippen LogP contribution in [0.15, 0.2) is 17.1 Å². The summed E-state index contributed by atoms with van der Waals surface area (Å²) in [5.41, 5.74) is 0.919. The molecule has 2 heterocycles. The van der Waals surface area contributed by atoms with Crippen LogP contribution < -0.4 is 5.32 Å². The Balaban J connectivity index is 2.16. The molecule has 0 radical (unpaired) electrons. The summed E-state index contributed by atoms with van der Waals surface area (Å²) < 4.78 is 5.24. The molecule has 1 saturated heterocycles. The molecule has 4 nitrogen and oxygen atoms in total. The van der Waals surface area contributed by atoms with Crippen LogP contribution in [-0.2, 0) is 9.53 Å². The molecule has 1 amide bonds. The highest BCUT2D eigenvalue weighted by molar-refractivity contribution is 5.94. The highest BCUT2D eigenvalue weighted by Gasteiger charge is 2.28. The van der Waals surface area contributed by atoms with Gasteiger partial charge in [-0.25, -0.2) is 0 Å². The number of hydrogen-bond donors (Lipinski definition) is 1. The fourth-order valence-corrected chi connectivity index (χ4v) is 1.31. The molecule has 0 spiro atoms. The van der Waals surface area contributed by atoms with E-state index in [2.05, 4.69) is 10.3 Å². The maximum atomic E-state index is 10.9. The van der Waals surface area contributed by atoms with Gasteiger partial charge in [0.05, 0.1) is 0 Å². The van der Waals surface area contributed by atoms with Gasteiger partial charge in [0.25, 0.3) is 0 Å². The zero-order chi connectivity index (χ0) is 8.55. The first-order valence-electron chi connectivity index (χ1n) is 3.89. The summed E-state index contributed by atoms with van der Waals surface area (Å²) in [7, 11) is 0. The van der Waals surface area contributed by atoms with Crippen molar-refractivity contribution in [2.75, 3.05) is 6.61 Å². The van der Waals surface area contributed by atoms with E-state index in [0.717, 1.165) is 5.71 Å². The number of rotatable bonds is 0. The first-order valence-corrected chi connectivity index (χ1v) is 3.89. The Morgan fingerprint density at radius 3 is 3.42 bits per heavy atom. The number of amides is 1. The van der Waals surface area contributed by atoms with Gasteiger partial charge in [-0.3, -0.25) is 9.79 Å². The van der Waals surface area contributed by atoms with Crippen LogP contribution in [0, 0.1) is 0 Å². The molecular formula is C8H10N2O2. The molecule has 1 N–H and O–H groups in total. The van der Waals surface area contributed by atoms with Crippen molar-refractivity contribution in [2.45, 2.75) is 19.2 Å². The van der Waals surface area contributed by atoms with Crippen LogP contribution in [0.1, 0.15) is 6.92 Å². The molecule has 0 saturated carbocycles. The van der Waals surface area contributed by atoms with Crippen LogP contribution in [0.2, 0.25) is 0 Å². The Bertz CT molecular complexity index is 270. The smallest absolute Gasteiger partial charge is 0.247 e. The predicted octanol–water partition coefficient (Wildman–Crippen LogP) is -0.142. The highest BCUT2D eigenvalue weighted by Crippen LogP contribution is 2.12. The number of nitrogens with one attached hydrogen (secondary N) is 1. The molecule has 12 heavy (non-hydrogen) atoms. The van der Waals surface area contributed by atoms with Crippen molar-refractivity contribution in [3.63, 3.8) is 0 Å². The van der Waals surface area contributed by atoms with E-state index in [9.17, 15) is 4.79 Å². The summed E-state index contributed by atoms with van der Waals surface area (Å²) in [4.78, 5) is 15.1. The van der Waals surface area contributed by atoms with Crippen LogP contribution in [0.3, 0.4) is 0 Å². The zero-order valence-corrected chi connectivity index (χ0v) is 6.78. The molecule has 0 aromatic heterocycles. The lowest BCUT2D eigenvalue weighted by molar-refractivity contribution is -0.134. The number of allylic oxidation sites excluding steroid dienone is 1. The zero-order valence-electron chi connectivity index (χ0n) is 6.78. The monoisotopic (exact) mass is 166 g/mol. The van der Waals surface area contributed by atoms with E-state index in [1.54, 1.807) is 0 Å². The molecule has 2 aliphatic rings. The van der Waals surface area contributed by atoms with Crippen molar-refractivity contribution >= 4 is 11.6 Å². The van der Waals surface area contributed by atoms with Gasteiger partial charge in [0, 0.05) is 5.71 Å². The normalized spacial score (nSPS) is 33.8. The molecule has 2 atom stereocenters. The highest BCUT2D eigenvalue weighted by atomic mass is 16.5. The SMILES string of the molecule is CC1=NC2NC(=O)COC2C=C1. The standard InChI is InChI=1S/C8H10N2O2/c1-5-2-3-6-8(9-5)10-7(11)4-12-6/h2-3,6,8H,4H2,1H3,(H,10,11). The summed E-state index contributed by atoms with van der Waals surface area (Å²) in [6.07, 6.45) is 3.54. The van der Waals surface area contributed by atoms with Crippen molar-refractivity contribution < 1.29 is 9.53 Å². The summed E-state index contributed by atoms with van der Waals surface area (Å²) >= 11 is 0. The van der Waals surface area contributed by atoms with Crippen LogP contribution >= 0.6 is 0 Å². The van der Waals surface area contributed by atoms with E-state index in [4.69, 9.17) is 4.74 Å². The first-order chi connectivity index (χ1) is 5.75. The second kappa shape index (κ2) is 2.71. The van der Waals surface area contributed by atoms with Gasteiger partial charge in [0.15, 0.2) is 6.17 Å². The van der Waals surface area contributed by atoms with Gasteiger partial charge in [-0.2, -0.15) is 0 Å². The lowest BCUT2D eigenvalue weighted by atomic mass is 10.1. The largest absolute Gasteiger partial charge is 0.360 e. The Labute approximate surface area is 70.3 Å². The quantitative estimate of drug-likeness (QED) is 0.544. The number of ether oxygens (including phenoxy) is 1. The number of fused-ring (bicyclic) bond motifs is 1. The van der Waals surface area contributed by atoms with Crippen LogP contribution in [0.4, 0.5) is 0 Å². The van der Waals surface area contributed by atoms with Gasteiger partial charge < -0.3 is 10.1 Å². The van der Waals surface area contributed by atoms with E-state index in [1.165, 1.54) is 0 Å². The third-order valence-corrected chi connectivity index (χ3v) is 1.90. The molecule has 2 aliphatic heterocycles. The summed E-state index contributed by atoms with van der Waals surface area (Å²) in [5, 5.41) is 2.75. The minimum atomic E-state index is -0.212. The van der Waals surface area contributed by atoms with Gasteiger partial charge in [-0.15, -0.1) is 0 Å². The fraction of sp³-hybridized carbons (Fsp3) is 0.500. The Morgan fingerprint density at radius 1 is 1.75 bits per heavy atom. The number of hydrogen-bond acceptors (Lipinski definition) is 3. The van der Waals surface area contributed by atoms with Crippen LogP contribution in [-0.4, -0.2) is 30.5 Å². The number of dihydropyridines is 1. The number of carbonyl (C=O) groups excluding carboxylic acids is 1. The maximum Gasteiger partial charge on any atom is 0.247 e. The average Bonchev–Trinajstić information content (AvgIpc) is 2.03. The second-order valence-corrected chi connectivity index (χ2v) is 2.92. The fourth-order valence-electron chi connectivity index (χ4n) is 1.31. The van der Waals surface area contributed by atoms with E-state index < -0.39 is 0 Å². The summed E-state index contributed by atoms with van der Waals surface area (Å²) in [6, 6.07) is 0. The third-order valence-electron chi connectivity index (χ3n) is 1.90. The van der Waals surface area contributed by atoms with Crippen molar-refractivity contribution in [3.05, 3.63) is 12.2 Å². The number of aliphatic imine (C=N–C) groups is 1. The molecule has 0 bridgehead atoms. The van der Waals surface area contributed by atoms with Gasteiger partial charge in [-0.05, 0) is 13.0 Å². The van der Waals surface area contributed by atoms with E-state index in [1.807, 2.05) is 19.1 Å². The summed E-state index contributed by atoms with van der Waals surface area (Å²) in [6.45, 7) is 2.04. The molecule has 2 unspecified atom stereocenters. The van der Waals surface area contributed by atoms with Gasteiger partial charge in [0.2, 0.25) is 5.91 Å². The average molecular weight is 166 g/mol. The van der Waals surface area contributed by atoms with Crippen molar-refractivity contribution in [1.29, 1.82) is 0 Å². The molecular weight excluding hydrogens is 156 g/mol. The van der Waals surface area contributed by atoms with Crippen molar-refractivity contribution in [3.8, 4) is 0 Å². The second-order valence-electron chi connectivity index (χ2n) is 2.92. The first kappa shape index (κ1) is 7.49. The van der Waals surface area contributed by atoms with Crippen molar-refractivity contribution in [1.82, 2.24) is 5.32 Å². The predicted molar refractivity (Wildman–Crippen MR) is 43.9 cm³/mol. The Hall–Kier alpha value is -1.16. The molecule has 2 rings (SSSR count). The topological polar surface area (TPSA) is 50.7 Å². The van der Waals surface area contributed by atoms with E-state index in [0.29, 0.717) is 0 Å². The van der Waals surface area contributed by atoms with Gasteiger partial charge >= 0.3 is 0 Å². The minimum Gasteiger partial charge on any atom is -0.360 e.